The van der Waals surface area contributed by atoms with Crippen LogP contribution >= 0.6 is 12.4 Å². The average molecular weight is 186 g/mol. The van der Waals surface area contributed by atoms with Gasteiger partial charge in [0.05, 0.1) is 0 Å². The molecule has 0 aliphatic heterocycles. The number of nitrogens with two attached hydrogens (primary N) is 1. The lowest BCUT2D eigenvalue weighted by Crippen LogP contribution is -2.28. The molecule has 68 valence electrons. The van der Waals surface area contributed by atoms with Gasteiger partial charge in [-0.2, -0.15) is 0 Å². The van der Waals surface area contributed by atoms with Gasteiger partial charge < -0.3 is 5.73 Å². The highest BCUT2D eigenvalue weighted by molar-refractivity contribution is 5.85. The molecule has 2 N–H and O–H groups in total. The van der Waals surface area contributed by atoms with Gasteiger partial charge in [0.15, 0.2) is 0 Å². The largest absolute Gasteiger partial charge is 0.322 e. The summed E-state index contributed by atoms with van der Waals surface area (Å²) in [5.74, 6) is 0. The molecule has 1 aromatic carbocycles. The van der Waals surface area contributed by atoms with E-state index in [9.17, 15) is 0 Å². The second-order valence-electron chi connectivity index (χ2n) is 3.59. The number of hydrogen-bond donors (Lipinski definition) is 1. The van der Waals surface area contributed by atoms with Crippen LogP contribution in [0.1, 0.15) is 25.0 Å². The molecule has 0 saturated carbocycles. The van der Waals surface area contributed by atoms with E-state index in [4.69, 9.17) is 5.73 Å². The fraction of sp³-hybridized carbons (Fsp3) is 0.400. The Kier molecular flexibility index (Phi) is 3.75. The maximum absolute atomic E-state index is 5.91. The van der Waals surface area contributed by atoms with Gasteiger partial charge in [0.25, 0.3) is 0 Å². The topological polar surface area (TPSA) is 26.0 Å². The van der Waals surface area contributed by atoms with Crippen LogP contribution < -0.4 is 5.73 Å². The average Bonchev–Trinajstić information content (AvgIpc) is 1.86. The summed E-state index contributed by atoms with van der Waals surface area (Å²) >= 11 is 0. The summed E-state index contributed by atoms with van der Waals surface area (Å²) in [6.07, 6.45) is 0. The molecule has 0 spiro atoms. The van der Waals surface area contributed by atoms with Gasteiger partial charge in [0.2, 0.25) is 0 Å². The molecule has 1 rings (SSSR count). The monoisotopic (exact) mass is 185 g/mol. The zero-order valence-corrected chi connectivity index (χ0v) is 8.61. The third kappa shape index (κ3) is 2.84. The Morgan fingerprint density at radius 1 is 1.08 bits per heavy atom. The lowest BCUT2D eigenvalue weighted by Gasteiger charge is -2.18. The van der Waals surface area contributed by atoms with Gasteiger partial charge in [-0.05, 0) is 26.3 Å². The lowest BCUT2D eigenvalue weighted by molar-refractivity contribution is 0.554. The molecule has 0 bridgehead atoms. The summed E-state index contributed by atoms with van der Waals surface area (Å²) in [5, 5.41) is 0. The van der Waals surface area contributed by atoms with E-state index < -0.39 is 0 Å². The Balaban J connectivity index is 0.00000121. The van der Waals surface area contributed by atoms with Crippen LogP contribution in [0, 0.1) is 6.92 Å². The van der Waals surface area contributed by atoms with Gasteiger partial charge in [-0.3, -0.25) is 0 Å². The van der Waals surface area contributed by atoms with Gasteiger partial charge in [0.1, 0.15) is 0 Å². The molecule has 2 heteroatoms. The van der Waals surface area contributed by atoms with Crippen LogP contribution in [0.2, 0.25) is 0 Å². The minimum Gasteiger partial charge on any atom is -0.322 e. The van der Waals surface area contributed by atoms with Gasteiger partial charge in [-0.1, -0.05) is 29.8 Å². The van der Waals surface area contributed by atoms with Gasteiger partial charge >= 0.3 is 0 Å². The van der Waals surface area contributed by atoms with Crippen molar-refractivity contribution in [1.82, 2.24) is 0 Å². The number of hydrogen-bond acceptors (Lipinski definition) is 1. The van der Waals surface area contributed by atoms with Gasteiger partial charge in [-0.25, -0.2) is 0 Å². The molecule has 0 unspecified atom stereocenters. The zero-order chi connectivity index (χ0) is 8.48. The minimum absolute atomic E-state index is 0. The van der Waals surface area contributed by atoms with Crippen LogP contribution in [0.3, 0.4) is 0 Å². The highest BCUT2D eigenvalue weighted by atomic mass is 35.5. The van der Waals surface area contributed by atoms with Crippen LogP contribution in [-0.4, -0.2) is 0 Å². The van der Waals surface area contributed by atoms with E-state index in [1.165, 1.54) is 11.1 Å². The van der Waals surface area contributed by atoms with Crippen LogP contribution in [-0.2, 0) is 5.54 Å². The van der Waals surface area contributed by atoms with Crippen molar-refractivity contribution in [3.63, 3.8) is 0 Å². The summed E-state index contributed by atoms with van der Waals surface area (Å²) < 4.78 is 0. The van der Waals surface area contributed by atoms with E-state index in [-0.39, 0.29) is 17.9 Å². The van der Waals surface area contributed by atoms with Crippen LogP contribution in [0.4, 0.5) is 0 Å². The third-order valence-electron chi connectivity index (χ3n) is 1.80. The quantitative estimate of drug-likeness (QED) is 0.715. The molecule has 1 aromatic rings. The second kappa shape index (κ2) is 3.92. The summed E-state index contributed by atoms with van der Waals surface area (Å²) in [7, 11) is 0. The van der Waals surface area contributed by atoms with Crippen LogP contribution in [0.5, 0.6) is 0 Å². The van der Waals surface area contributed by atoms with E-state index >= 15 is 0 Å². The molecule has 0 aliphatic carbocycles. The van der Waals surface area contributed by atoms with E-state index in [2.05, 4.69) is 31.2 Å². The Bertz CT molecular complexity index is 233. The van der Waals surface area contributed by atoms with E-state index in [0.29, 0.717) is 0 Å². The third-order valence-corrected chi connectivity index (χ3v) is 1.80. The van der Waals surface area contributed by atoms with Crippen molar-refractivity contribution in [2.45, 2.75) is 26.3 Å². The molecule has 0 radical (unpaired) electrons. The minimum atomic E-state index is -0.215. The Labute approximate surface area is 80.4 Å². The Morgan fingerprint density at radius 3 is 1.83 bits per heavy atom. The maximum Gasteiger partial charge on any atom is 0.0352 e. The molecule has 0 heterocycles. The summed E-state index contributed by atoms with van der Waals surface area (Å²) in [6, 6.07) is 8.33. The standard InChI is InChI=1S/C10H15N.ClH/c1-8-4-6-9(7-5-8)10(2,3)11;/h4-7H,11H2,1-3H3;1H. The molecule has 0 saturated heterocycles. The number of aryl methyl sites for hydroxylation is 1. The summed E-state index contributed by atoms with van der Waals surface area (Å²) in [6.45, 7) is 6.10. The second-order valence-corrected chi connectivity index (χ2v) is 3.59. The normalized spacial score (nSPS) is 10.7. The molecule has 12 heavy (non-hydrogen) atoms. The highest BCUT2D eigenvalue weighted by Gasteiger charge is 2.12. The smallest absolute Gasteiger partial charge is 0.0352 e. The lowest BCUT2D eigenvalue weighted by atomic mass is 9.95. The fourth-order valence-electron chi connectivity index (χ4n) is 0.983. The molecule has 0 amide bonds. The summed E-state index contributed by atoms with van der Waals surface area (Å²) in [5.41, 5.74) is 8.15. The number of halogens is 1. The molecule has 0 aromatic heterocycles. The van der Waals surface area contributed by atoms with Gasteiger partial charge in [-0.15, -0.1) is 12.4 Å². The Hall–Kier alpha value is -0.530. The first-order valence-electron chi connectivity index (χ1n) is 3.86. The van der Waals surface area contributed by atoms with Crippen molar-refractivity contribution < 1.29 is 0 Å². The van der Waals surface area contributed by atoms with Crippen molar-refractivity contribution in [3.8, 4) is 0 Å². The van der Waals surface area contributed by atoms with Crippen molar-refractivity contribution in [2.75, 3.05) is 0 Å². The maximum atomic E-state index is 5.91. The number of rotatable bonds is 1. The summed E-state index contributed by atoms with van der Waals surface area (Å²) in [4.78, 5) is 0. The van der Waals surface area contributed by atoms with Crippen molar-refractivity contribution in [1.29, 1.82) is 0 Å². The molecule has 1 nitrogen and oxygen atoms in total. The molecular weight excluding hydrogens is 170 g/mol. The Morgan fingerprint density at radius 2 is 1.50 bits per heavy atom. The predicted octanol–water partition coefficient (Wildman–Crippen LogP) is 2.61. The van der Waals surface area contributed by atoms with Crippen LogP contribution in [0.25, 0.3) is 0 Å². The van der Waals surface area contributed by atoms with Crippen molar-refractivity contribution in [3.05, 3.63) is 35.4 Å². The first kappa shape index (κ1) is 11.5. The van der Waals surface area contributed by atoms with Crippen molar-refractivity contribution in [2.24, 2.45) is 5.73 Å². The van der Waals surface area contributed by atoms with E-state index in [0.717, 1.165) is 0 Å². The zero-order valence-electron chi connectivity index (χ0n) is 7.79. The molecule has 0 atom stereocenters. The van der Waals surface area contributed by atoms with Crippen LogP contribution in [0.15, 0.2) is 24.3 Å². The van der Waals surface area contributed by atoms with E-state index in [1.54, 1.807) is 0 Å². The molecular formula is C10H16ClN. The number of benzene rings is 1. The predicted molar refractivity (Wildman–Crippen MR) is 55.6 cm³/mol. The highest BCUT2D eigenvalue weighted by Crippen LogP contribution is 2.16. The first-order chi connectivity index (χ1) is 5.00. The van der Waals surface area contributed by atoms with Gasteiger partial charge in [0, 0.05) is 5.54 Å². The SMILES string of the molecule is Cc1ccc(C(C)(C)N)cc1.Cl. The fourth-order valence-corrected chi connectivity index (χ4v) is 0.983. The molecule has 0 aliphatic rings. The van der Waals surface area contributed by atoms with E-state index in [1.807, 2.05) is 13.8 Å². The van der Waals surface area contributed by atoms with Crippen molar-refractivity contribution >= 4 is 12.4 Å². The molecule has 0 fully saturated rings. The first-order valence-corrected chi connectivity index (χ1v) is 3.86.